The molecule has 2 aromatic rings. The molecule has 1 aliphatic heterocycles. The molecule has 0 fully saturated rings. The molecule has 1 heterocycles. The third-order valence-corrected chi connectivity index (χ3v) is 4.52. The molecule has 1 aliphatic rings. The number of halogens is 1. The average molecular weight is 341 g/mol. The van der Waals surface area contributed by atoms with Crippen LogP contribution in [0.25, 0.3) is 6.08 Å². The van der Waals surface area contributed by atoms with Crippen LogP contribution in [0.15, 0.2) is 42.2 Å². The van der Waals surface area contributed by atoms with E-state index < -0.39 is 5.82 Å². The number of ether oxygens (including phenoxy) is 1. The number of hydrogen-bond donors (Lipinski definition) is 1. The van der Waals surface area contributed by atoms with Crippen LogP contribution in [-0.2, 0) is 6.54 Å². The average Bonchev–Trinajstić information content (AvgIpc) is 2.92. The zero-order valence-electron chi connectivity index (χ0n) is 14.3. The smallest absolute Gasteiger partial charge is 0.231 e. The van der Waals surface area contributed by atoms with Crippen molar-refractivity contribution >= 4 is 11.9 Å². The molecule has 0 radical (unpaired) electrons. The molecule has 1 N–H and O–H groups in total. The van der Waals surface area contributed by atoms with Crippen molar-refractivity contribution in [2.24, 2.45) is 0 Å². The first-order valence-corrected chi connectivity index (χ1v) is 8.40. The third kappa shape index (κ3) is 3.28. The zero-order valence-corrected chi connectivity index (χ0v) is 14.3. The van der Waals surface area contributed by atoms with Crippen molar-refractivity contribution < 1.29 is 23.9 Å². The van der Waals surface area contributed by atoms with Crippen molar-refractivity contribution in [1.82, 2.24) is 0 Å². The van der Waals surface area contributed by atoms with Crippen molar-refractivity contribution in [3.8, 4) is 11.5 Å². The predicted molar refractivity (Wildman–Crippen MR) is 91.0 cm³/mol. The van der Waals surface area contributed by atoms with Crippen molar-refractivity contribution in [2.75, 3.05) is 13.1 Å². The second kappa shape index (κ2) is 7.07. The van der Waals surface area contributed by atoms with Gasteiger partial charge in [-0.05, 0) is 32.1 Å². The molecule has 0 atom stereocenters. The lowest BCUT2D eigenvalue weighted by Gasteiger charge is -2.21. The molecule has 0 amide bonds. The van der Waals surface area contributed by atoms with Gasteiger partial charge in [-0.25, -0.2) is 4.39 Å². The van der Waals surface area contributed by atoms with Gasteiger partial charge in [-0.15, -0.1) is 0 Å². The van der Waals surface area contributed by atoms with Crippen molar-refractivity contribution in [2.45, 2.75) is 20.4 Å². The Morgan fingerprint density at radius 3 is 2.56 bits per heavy atom. The Hall–Kier alpha value is -2.66. The van der Waals surface area contributed by atoms with E-state index in [0.29, 0.717) is 23.4 Å². The van der Waals surface area contributed by atoms with Crippen LogP contribution in [0.5, 0.6) is 11.5 Å². The van der Waals surface area contributed by atoms with Crippen LogP contribution in [0.3, 0.4) is 0 Å². The first-order valence-electron chi connectivity index (χ1n) is 8.40. The van der Waals surface area contributed by atoms with E-state index in [4.69, 9.17) is 4.74 Å². The van der Waals surface area contributed by atoms with Gasteiger partial charge in [0.25, 0.3) is 0 Å². The number of ketones is 1. The molecule has 0 bridgehead atoms. The molecule has 4 nitrogen and oxygen atoms in total. The number of benzene rings is 2. The number of carbonyl (C=O) groups is 1. The minimum absolute atomic E-state index is 0.0431. The second-order valence-corrected chi connectivity index (χ2v) is 6.01. The molecular weight excluding hydrogens is 321 g/mol. The number of fused-ring (bicyclic) bond motifs is 1. The Kier molecular flexibility index (Phi) is 4.86. The van der Waals surface area contributed by atoms with E-state index in [-0.39, 0.29) is 22.9 Å². The molecule has 0 aromatic heterocycles. The summed E-state index contributed by atoms with van der Waals surface area (Å²) in [4.78, 5) is 13.8. The molecule has 0 spiro atoms. The highest BCUT2D eigenvalue weighted by atomic mass is 19.1. The fourth-order valence-electron chi connectivity index (χ4n) is 2.94. The van der Waals surface area contributed by atoms with Crippen LogP contribution in [0.4, 0.5) is 4.39 Å². The van der Waals surface area contributed by atoms with Gasteiger partial charge in [-0.2, -0.15) is 0 Å². The van der Waals surface area contributed by atoms with Crippen LogP contribution in [-0.4, -0.2) is 18.9 Å². The van der Waals surface area contributed by atoms with Gasteiger partial charge in [0.15, 0.2) is 5.76 Å². The van der Waals surface area contributed by atoms with Crippen LogP contribution in [0, 0.1) is 5.82 Å². The van der Waals surface area contributed by atoms with Crippen LogP contribution >= 0.6 is 0 Å². The maximum Gasteiger partial charge on any atom is 0.231 e. The van der Waals surface area contributed by atoms with Gasteiger partial charge in [-0.3, -0.25) is 4.79 Å². The lowest BCUT2D eigenvalue weighted by atomic mass is 10.0. The molecule has 3 rings (SSSR count). The van der Waals surface area contributed by atoms with Crippen LogP contribution in [0.1, 0.15) is 35.3 Å². The first-order chi connectivity index (χ1) is 12.0. The van der Waals surface area contributed by atoms with Crippen LogP contribution in [0.2, 0.25) is 0 Å². The molecule has 2 aromatic carbocycles. The Bertz CT molecular complexity index is 841. The van der Waals surface area contributed by atoms with Crippen molar-refractivity contribution in [3.63, 3.8) is 0 Å². The summed E-state index contributed by atoms with van der Waals surface area (Å²) in [5.41, 5.74) is 1.14. The predicted octanol–water partition coefficient (Wildman–Crippen LogP) is 1.94. The van der Waals surface area contributed by atoms with Crippen molar-refractivity contribution in [1.29, 1.82) is 0 Å². The van der Waals surface area contributed by atoms with E-state index in [1.54, 1.807) is 18.2 Å². The number of allylic oxidation sites excluding steroid dienone is 1. The molecule has 0 saturated carbocycles. The summed E-state index contributed by atoms with van der Waals surface area (Å²) in [5.74, 6) is -0.534. The number of Topliss-reactive ketones (excluding diaryl/α,β-unsaturated/α-hetero) is 1. The van der Waals surface area contributed by atoms with Crippen LogP contribution < -0.4 is 14.7 Å². The van der Waals surface area contributed by atoms with E-state index >= 15 is 0 Å². The summed E-state index contributed by atoms with van der Waals surface area (Å²) < 4.78 is 19.6. The summed E-state index contributed by atoms with van der Waals surface area (Å²) in [6, 6.07) is 9.06. The fraction of sp³-hybridized carbons (Fsp3) is 0.250. The van der Waals surface area contributed by atoms with Gasteiger partial charge in [0.05, 0.1) is 18.7 Å². The summed E-state index contributed by atoms with van der Waals surface area (Å²) in [6.07, 6.45) is 1.39. The number of nitrogens with one attached hydrogen (secondary N) is 1. The largest absolute Gasteiger partial charge is 0.872 e. The number of carbonyl (C=O) groups excluding carboxylic acids is 1. The quantitative estimate of drug-likeness (QED) is 0.846. The maximum atomic E-state index is 13.8. The SMILES string of the molecule is CC[NH+](CC)Cc1c([O-])ccc2c1O/C(=C\c1ccccc1F)C2=O. The highest BCUT2D eigenvalue weighted by Crippen LogP contribution is 2.38. The Morgan fingerprint density at radius 1 is 1.16 bits per heavy atom. The summed E-state index contributed by atoms with van der Waals surface area (Å²) in [6.45, 7) is 6.32. The standard InChI is InChI=1S/C20H20FNO3/c1-3-22(4-2)12-15-17(23)10-9-14-19(24)18(25-20(14)15)11-13-7-5-6-8-16(13)21/h5-11,23H,3-4,12H2,1-2H3/b18-11-. The summed E-state index contributed by atoms with van der Waals surface area (Å²) in [5, 5.41) is 12.3. The number of quaternary nitrogens is 1. The molecule has 0 saturated heterocycles. The molecule has 5 heteroatoms. The fourth-order valence-corrected chi connectivity index (χ4v) is 2.94. The van der Waals surface area contributed by atoms with Gasteiger partial charge in [-0.1, -0.05) is 30.0 Å². The zero-order chi connectivity index (χ0) is 18.0. The van der Waals surface area contributed by atoms with Gasteiger partial charge in [0, 0.05) is 11.1 Å². The van der Waals surface area contributed by atoms with Gasteiger partial charge in [0.2, 0.25) is 5.78 Å². The Balaban J connectivity index is 2.00. The Morgan fingerprint density at radius 2 is 1.88 bits per heavy atom. The Labute approximate surface area is 146 Å². The lowest BCUT2D eigenvalue weighted by Crippen LogP contribution is -3.10. The van der Waals surface area contributed by atoms with E-state index in [9.17, 15) is 14.3 Å². The van der Waals surface area contributed by atoms with Gasteiger partial charge < -0.3 is 14.7 Å². The second-order valence-electron chi connectivity index (χ2n) is 6.01. The van der Waals surface area contributed by atoms with E-state index in [1.165, 1.54) is 29.2 Å². The molecule has 130 valence electrons. The van der Waals surface area contributed by atoms with Gasteiger partial charge in [0.1, 0.15) is 18.1 Å². The summed E-state index contributed by atoms with van der Waals surface area (Å²) in [7, 11) is 0. The maximum absolute atomic E-state index is 13.8. The normalized spacial score (nSPS) is 14.9. The molecular formula is C20H20FNO3. The minimum Gasteiger partial charge on any atom is -0.872 e. The molecule has 0 aliphatic carbocycles. The summed E-state index contributed by atoms with van der Waals surface area (Å²) >= 11 is 0. The highest BCUT2D eigenvalue weighted by molar-refractivity contribution is 6.14. The highest BCUT2D eigenvalue weighted by Gasteiger charge is 2.31. The lowest BCUT2D eigenvalue weighted by molar-refractivity contribution is -0.910. The van der Waals surface area contributed by atoms with E-state index in [0.717, 1.165) is 13.1 Å². The monoisotopic (exact) mass is 341 g/mol. The topological polar surface area (TPSA) is 53.8 Å². The van der Waals surface area contributed by atoms with E-state index in [2.05, 4.69) is 0 Å². The molecule has 0 unspecified atom stereocenters. The van der Waals surface area contributed by atoms with Gasteiger partial charge >= 0.3 is 0 Å². The minimum atomic E-state index is -0.431. The number of hydrogen-bond acceptors (Lipinski definition) is 3. The van der Waals surface area contributed by atoms with E-state index in [1.807, 2.05) is 13.8 Å². The third-order valence-electron chi connectivity index (χ3n) is 4.52. The first kappa shape index (κ1) is 17.2. The molecule has 25 heavy (non-hydrogen) atoms. The van der Waals surface area contributed by atoms with Crippen molar-refractivity contribution in [3.05, 3.63) is 64.7 Å². The number of rotatable bonds is 5.